The van der Waals surface area contributed by atoms with Crippen LogP contribution in [0.2, 0.25) is 0 Å². The second-order valence-corrected chi connectivity index (χ2v) is 7.39. The quantitative estimate of drug-likeness (QED) is 0.331. The van der Waals surface area contributed by atoms with Gasteiger partial charge >= 0.3 is 5.97 Å². The van der Waals surface area contributed by atoms with Crippen LogP contribution < -0.4 is 10.1 Å². The van der Waals surface area contributed by atoms with Crippen molar-refractivity contribution in [1.82, 2.24) is 9.72 Å². The molecule has 3 rings (SSSR count). The van der Waals surface area contributed by atoms with Gasteiger partial charge in [0, 0.05) is 23.1 Å². The summed E-state index contributed by atoms with van der Waals surface area (Å²) in [4.78, 5) is 24.8. The van der Waals surface area contributed by atoms with Gasteiger partial charge in [0.15, 0.2) is 11.9 Å². The maximum atomic E-state index is 12.5. The SMILES string of the molecule is COc1ccc(-n2c(C)cc(/C=C(\C#N)C(=O)OC(C)C(=O)Nc3cc(C)on3)c2C)cc1. The number of nitrogens with one attached hydrogen (secondary N) is 1. The molecular formula is C24H24N4O5. The Labute approximate surface area is 191 Å². The molecule has 0 fully saturated rings. The summed E-state index contributed by atoms with van der Waals surface area (Å²) in [5.74, 6) is -0.00986. The van der Waals surface area contributed by atoms with Crippen LogP contribution in [0.3, 0.4) is 0 Å². The maximum absolute atomic E-state index is 12.5. The number of carbonyl (C=O) groups excluding carboxylic acids is 2. The van der Waals surface area contributed by atoms with Gasteiger partial charge in [-0.3, -0.25) is 4.79 Å². The summed E-state index contributed by atoms with van der Waals surface area (Å²) >= 11 is 0. The number of hydrogen-bond donors (Lipinski definition) is 1. The van der Waals surface area contributed by atoms with Gasteiger partial charge in [0.05, 0.1) is 7.11 Å². The third-order valence-corrected chi connectivity index (χ3v) is 4.97. The second kappa shape index (κ2) is 9.87. The fourth-order valence-electron chi connectivity index (χ4n) is 3.29. The molecule has 1 N–H and O–H groups in total. The Balaban J connectivity index is 1.77. The fourth-order valence-corrected chi connectivity index (χ4v) is 3.29. The number of aryl methyl sites for hydroxylation is 2. The smallest absolute Gasteiger partial charge is 0.349 e. The standard InChI is InChI=1S/C24H24N4O5/c1-14-10-18(16(3)28(14)20-6-8-21(31-5)9-7-20)12-19(13-25)24(30)32-17(4)23(29)26-22-11-15(2)33-27-22/h6-12,17H,1-5H3,(H,26,27,29)/b19-12+. The number of amides is 1. The van der Waals surface area contributed by atoms with Crippen LogP contribution in [-0.2, 0) is 14.3 Å². The summed E-state index contributed by atoms with van der Waals surface area (Å²) in [6.45, 7) is 6.91. The van der Waals surface area contributed by atoms with Crippen molar-refractivity contribution >= 4 is 23.8 Å². The summed E-state index contributed by atoms with van der Waals surface area (Å²) in [5.41, 5.74) is 3.14. The lowest BCUT2D eigenvalue weighted by atomic mass is 10.1. The van der Waals surface area contributed by atoms with Crippen molar-refractivity contribution in [3.8, 4) is 17.5 Å². The Kier molecular flexibility index (Phi) is 6.98. The first kappa shape index (κ1) is 23.3. The highest BCUT2D eigenvalue weighted by atomic mass is 16.5. The van der Waals surface area contributed by atoms with E-state index in [1.54, 1.807) is 14.0 Å². The Morgan fingerprint density at radius 1 is 1.21 bits per heavy atom. The summed E-state index contributed by atoms with van der Waals surface area (Å²) in [6.07, 6.45) is 0.314. The monoisotopic (exact) mass is 448 g/mol. The fraction of sp³-hybridized carbons (Fsp3) is 0.250. The van der Waals surface area contributed by atoms with Crippen molar-refractivity contribution in [3.05, 3.63) is 64.7 Å². The van der Waals surface area contributed by atoms with Crippen LogP contribution in [0.5, 0.6) is 5.75 Å². The molecular weight excluding hydrogens is 424 g/mol. The first-order valence-electron chi connectivity index (χ1n) is 10.1. The van der Waals surface area contributed by atoms with E-state index in [1.165, 1.54) is 19.1 Å². The van der Waals surface area contributed by atoms with Gasteiger partial charge in [-0.25, -0.2) is 4.79 Å². The number of esters is 1. The van der Waals surface area contributed by atoms with Crippen LogP contribution in [0.1, 0.15) is 29.6 Å². The van der Waals surface area contributed by atoms with E-state index in [4.69, 9.17) is 14.0 Å². The highest BCUT2D eigenvalue weighted by molar-refractivity contribution is 6.01. The summed E-state index contributed by atoms with van der Waals surface area (Å²) in [7, 11) is 1.60. The number of ether oxygens (including phenoxy) is 2. The third-order valence-electron chi connectivity index (χ3n) is 4.97. The second-order valence-electron chi connectivity index (χ2n) is 7.39. The lowest BCUT2D eigenvalue weighted by Gasteiger charge is -2.12. The molecule has 0 radical (unpaired) electrons. The van der Waals surface area contributed by atoms with Crippen LogP contribution in [0, 0.1) is 32.1 Å². The number of methoxy groups -OCH3 is 1. The molecule has 9 nitrogen and oxygen atoms in total. The molecule has 0 aliphatic rings. The van der Waals surface area contributed by atoms with E-state index in [9.17, 15) is 14.9 Å². The van der Waals surface area contributed by atoms with Gasteiger partial charge in [-0.05, 0) is 69.7 Å². The lowest BCUT2D eigenvalue weighted by Crippen LogP contribution is -2.30. The molecule has 33 heavy (non-hydrogen) atoms. The molecule has 9 heteroatoms. The van der Waals surface area contributed by atoms with E-state index < -0.39 is 18.0 Å². The van der Waals surface area contributed by atoms with E-state index in [2.05, 4.69) is 10.5 Å². The number of rotatable bonds is 7. The summed E-state index contributed by atoms with van der Waals surface area (Å²) in [6, 6.07) is 12.8. The minimum Gasteiger partial charge on any atom is -0.497 e. The molecule has 0 saturated carbocycles. The maximum Gasteiger partial charge on any atom is 0.349 e. The Morgan fingerprint density at radius 2 is 1.91 bits per heavy atom. The van der Waals surface area contributed by atoms with E-state index in [1.807, 2.05) is 54.8 Å². The van der Waals surface area contributed by atoms with Gasteiger partial charge in [0.1, 0.15) is 23.2 Å². The zero-order valence-corrected chi connectivity index (χ0v) is 19.0. The highest BCUT2D eigenvalue weighted by Crippen LogP contribution is 2.24. The van der Waals surface area contributed by atoms with Gasteiger partial charge in [0.2, 0.25) is 0 Å². The van der Waals surface area contributed by atoms with Crippen molar-refractivity contribution < 1.29 is 23.6 Å². The number of carbonyl (C=O) groups is 2. The zero-order valence-electron chi connectivity index (χ0n) is 19.0. The number of hydrogen-bond acceptors (Lipinski definition) is 7. The Hall–Kier alpha value is -4.32. The van der Waals surface area contributed by atoms with Crippen LogP contribution in [-0.4, -0.2) is 34.8 Å². The van der Waals surface area contributed by atoms with Crippen molar-refractivity contribution in [2.45, 2.75) is 33.8 Å². The van der Waals surface area contributed by atoms with E-state index >= 15 is 0 Å². The molecule has 1 unspecified atom stereocenters. The van der Waals surface area contributed by atoms with Crippen molar-refractivity contribution in [2.24, 2.45) is 0 Å². The molecule has 1 atom stereocenters. The molecule has 0 aliphatic carbocycles. The van der Waals surface area contributed by atoms with Gasteiger partial charge < -0.3 is 23.9 Å². The number of nitriles is 1. The molecule has 3 aromatic rings. The molecule has 0 saturated heterocycles. The normalized spacial score (nSPS) is 12.1. The average molecular weight is 448 g/mol. The van der Waals surface area contributed by atoms with E-state index in [0.29, 0.717) is 11.3 Å². The Morgan fingerprint density at radius 3 is 2.48 bits per heavy atom. The zero-order chi connectivity index (χ0) is 24.1. The first-order valence-corrected chi connectivity index (χ1v) is 10.1. The van der Waals surface area contributed by atoms with Gasteiger partial charge in [-0.1, -0.05) is 5.16 Å². The predicted molar refractivity (Wildman–Crippen MR) is 121 cm³/mol. The largest absolute Gasteiger partial charge is 0.497 e. The van der Waals surface area contributed by atoms with E-state index in [-0.39, 0.29) is 11.4 Å². The van der Waals surface area contributed by atoms with Crippen molar-refractivity contribution in [1.29, 1.82) is 5.26 Å². The van der Waals surface area contributed by atoms with Crippen LogP contribution >= 0.6 is 0 Å². The molecule has 170 valence electrons. The lowest BCUT2D eigenvalue weighted by molar-refractivity contribution is -0.148. The molecule has 1 aromatic carbocycles. The minimum atomic E-state index is -1.14. The van der Waals surface area contributed by atoms with Crippen molar-refractivity contribution in [2.75, 3.05) is 12.4 Å². The summed E-state index contributed by atoms with van der Waals surface area (Å²) < 4.78 is 17.3. The molecule has 2 heterocycles. The molecule has 2 aromatic heterocycles. The van der Waals surface area contributed by atoms with Crippen LogP contribution in [0.15, 0.2) is 46.5 Å². The highest BCUT2D eigenvalue weighted by Gasteiger charge is 2.22. The molecule has 0 aliphatic heterocycles. The van der Waals surface area contributed by atoms with Gasteiger partial charge in [0.25, 0.3) is 5.91 Å². The topological polar surface area (TPSA) is 119 Å². The number of aromatic nitrogens is 2. The van der Waals surface area contributed by atoms with Gasteiger partial charge in [-0.15, -0.1) is 0 Å². The number of nitrogens with zero attached hydrogens (tertiary/aromatic N) is 3. The van der Waals surface area contributed by atoms with Crippen molar-refractivity contribution in [3.63, 3.8) is 0 Å². The number of benzene rings is 1. The predicted octanol–water partition coefficient (Wildman–Crippen LogP) is 3.88. The van der Waals surface area contributed by atoms with Gasteiger partial charge in [-0.2, -0.15) is 5.26 Å². The average Bonchev–Trinajstić information content (AvgIpc) is 3.33. The number of anilines is 1. The Bertz CT molecular complexity index is 1240. The van der Waals surface area contributed by atoms with Crippen LogP contribution in [0.25, 0.3) is 11.8 Å². The minimum absolute atomic E-state index is 0.211. The molecule has 1 amide bonds. The molecule has 0 bridgehead atoms. The third kappa shape index (κ3) is 5.30. The van der Waals surface area contributed by atoms with Crippen LogP contribution in [0.4, 0.5) is 5.82 Å². The van der Waals surface area contributed by atoms with E-state index in [0.717, 1.165) is 22.8 Å². The first-order chi connectivity index (χ1) is 15.7. The summed E-state index contributed by atoms with van der Waals surface area (Å²) in [5, 5.41) is 15.7. The molecule has 0 spiro atoms.